The van der Waals surface area contributed by atoms with E-state index in [4.69, 9.17) is 15.9 Å². The molecule has 0 aromatic carbocycles. The number of carbonyl (C=O) groups excluding carboxylic acids is 2. The molecule has 0 aliphatic rings. The van der Waals surface area contributed by atoms with E-state index in [9.17, 15) is 19.2 Å². The van der Waals surface area contributed by atoms with Gasteiger partial charge >= 0.3 is 11.9 Å². The second-order valence-corrected chi connectivity index (χ2v) is 9.31. The number of amides is 2. The van der Waals surface area contributed by atoms with Crippen molar-refractivity contribution in [1.82, 2.24) is 10.6 Å². The molecule has 9 heteroatoms. The summed E-state index contributed by atoms with van der Waals surface area (Å²) in [5.41, 5.74) is 4.62. The molecule has 0 aromatic heterocycles. The first-order valence-corrected chi connectivity index (χ1v) is 9.94. The van der Waals surface area contributed by atoms with Crippen LogP contribution in [-0.4, -0.2) is 52.6 Å². The van der Waals surface area contributed by atoms with Crippen molar-refractivity contribution in [3.05, 3.63) is 0 Å². The maximum atomic E-state index is 12.7. The molecule has 6 N–H and O–H groups in total. The molecule has 0 fully saturated rings. The molecular weight excluding hydrogens is 378 g/mol. The van der Waals surface area contributed by atoms with Gasteiger partial charge in [-0.05, 0) is 37.5 Å². The highest BCUT2D eigenvalue weighted by molar-refractivity contribution is 5.90. The van der Waals surface area contributed by atoms with Crippen molar-refractivity contribution in [2.45, 2.75) is 85.2 Å². The number of carboxylic acids is 2. The summed E-state index contributed by atoms with van der Waals surface area (Å²) in [6, 6.07) is -1.88. The Morgan fingerprint density at radius 2 is 1.55 bits per heavy atom. The van der Waals surface area contributed by atoms with E-state index < -0.39 is 35.3 Å². The smallest absolute Gasteiger partial charge is 0.320 e. The third-order valence-corrected chi connectivity index (χ3v) is 4.41. The molecule has 2 amide bonds. The highest BCUT2D eigenvalue weighted by Crippen LogP contribution is 2.33. The molecule has 9 nitrogen and oxygen atoms in total. The van der Waals surface area contributed by atoms with Gasteiger partial charge in [0.05, 0.1) is 0 Å². The molecular formula is C20H37N3O6. The van der Waals surface area contributed by atoms with Gasteiger partial charge in [-0.2, -0.15) is 0 Å². The Morgan fingerprint density at radius 1 is 0.966 bits per heavy atom. The molecule has 2 atom stereocenters. The summed E-state index contributed by atoms with van der Waals surface area (Å²) in [6.45, 7) is 9.94. The number of aliphatic carboxylic acids is 2. The van der Waals surface area contributed by atoms with E-state index >= 15 is 0 Å². The summed E-state index contributed by atoms with van der Waals surface area (Å²) in [6.07, 6.45) is 1.70. The fraction of sp³-hybridized carbons (Fsp3) is 0.800. The minimum absolute atomic E-state index is 0.0115. The molecule has 2 unspecified atom stereocenters. The zero-order valence-corrected chi connectivity index (χ0v) is 18.2. The quantitative estimate of drug-likeness (QED) is 0.285. The molecule has 0 radical (unpaired) electrons. The van der Waals surface area contributed by atoms with Gasteiger partial charge in [0.15, 0.2) is 0 Å². The van der Waals surface area contributed by atoms with E-state index in [1.807, 2.05) is 20.8 Å². The first-order chi connectivity index (χ1) is 13.2. The molecule has 168 valence electrons. The van der Waals surface area contributed by atoms with Gasteiger partial charge in [-0.25, -0.2) is 0 Å². The zero-order valence-electron chi connectivity index (χ0n) is 18.2. The van der Waals surface area contributed by atoms with Gasteiger partial charge < -0.3 is 26.6 Å². The van der Waals surface area contributed by atoms with Gasteiger partial charge in [0.25, 0.3) is 0 Å². The van der Waals surface area contributed by atoms with Crippen LogP contribution in [0.1, 0.15) is 73.1 Å². The molecule has 0 aromatic rings. The van der Waals surface area contributed by atoms with Crippen LogP contribution < -0.4 is 16.4 Å². The highest BCUT2D eigenvalue weighted by atomic mass is 16.4. The largest absolute Gasteiger partial charge is 0.481 e. The zero-order chi connectivity index (χ0) is 22.8. The van der Waals surface area contributed by atoms with Crippen LogP contribution in [0.5, 0.6) is 0 Å². The minimum Gasteiger partial charge on any atom is -0.481 e. The van der Waals surface area contributed by atoms with Crippen LogP contribution in [0.15, 0.2) is 0 Å². The van der Waals surface area contributed by atoms with Gasteiger partial charge in [-0.3, -0.25) is 19.2 Å². The second kappa shape index (κ2) is 11.7. The van der Waals surface area contributed by atoms with Gasteiger partial charge in [0.1, 0.15) is 12.1 Å². The predicted octanol–water partition coefficient (Wildman–Crippen LogP) is 1.50. The lowest BCUT2D eigenvalue weighted by Crippen LogP contribution is -2.51. The van der Waals surface area contributed by atoms with E-state index in [1.165, 1.54) is 0 Å². The summed E-state index contributed by atoms with van der Waals surface area (Å²) < 4.78 is 0. The summed E-state index contributed by atoms with van der Waals surface area (Å²) in [5.74, 6) is -2.86. The Balaban J connectivity index is 4.78. The van der Waals surface area contributed by atoms with Gasteiger partial charge in [-0.15, -0.1) is 0 Å². The van der Waals surface area contributed by atoms with E-state index in [0.29, 0.717) is 25.7 Å². The Morgan fingerprint density at radius 3 is 2.03 bits per heavy atom. The molecule has 0 saturated heterocycles. The predicted molar refractivity (Wildman–Crippen MR) is 109 cm³/mol. The van der Waals surface area contributed by atoms with Crippen LogP contribution >= 0.6 is 0 Å². The molecule has 0 spiro atoms. The maximum Gasteiger partial charge on any atom is 0.320 e. The van der Waals surface area contributed by atoms with E-state index in [0.717, 1.165) is 0 Å². The number of hydrogen-bond donors (Lipinski definition) is 5. The van der Waals surface area contributed by atoms with E-state index in [-0.39, 0.29) is 30.7 Å². The van der Waals surface area contributed by atoms with E-state index in [1.54, 1.807) is 13.8 Å². The molecule has 0 bridgehead atoms. The molecule has 0 aliphatic heterocycles. The fourth-order valence-electron chi connectivity index (χ4n) is 3.24. The van der Waals surface area contributed by atoms with Crippen molar-refractivity contribution in [2.24, 2.45) is 16.6 Å². The molecule has 0 heterocycles. The lowest BCUT2D eigenvalue weighted by Gasteiger charge is -2.32. The Labute approximate surface area is 172 Å². The molecule has 0 saturated carbocycles. The van der Waals surface area contributed by atoms with E-state index in [2.05, 4.69) is 10.6 Å². The molecule has 0 rings (SSSR count). The van der Waals surface area contributed by atoms with Gasteiger partial charge in [0.2, 0.25) is 11.8 Å². The standard InChI is InChI=1S/C20H37N3O6/c1-19(2,3)12-20(4,5)18(29)23-14(9-10-15(24)25)16(26)22-11-7-6-8-13(21)17(27)28/h13-14H,6-12,21H2,1-5H3,(H,22,26)(H,23,29)(H,24,25)(H,27,28). The van der Waals surface area contributed by atoms with Gasteiger partial charge in [-0.1, -0.05) is 34.6 Å². The normalized spacial score (nSPS) is 14.0. The average Bonchev–Trinajstić information content (AvgIpc) is 2.54. The number of carbonyl (C=O) groups is 4. The third kappa shape index (κ3) is 12.1. The molecule has 0 aliphatic carbocycles. The van der Waals surface area contributed by atoms with Crippen LogP contribution in [0.25, 0.3) is 0 Å². The molecule has 29 heavy (non-hydrogen) atoms. The highest BCUT2D eigenvalue weighted by Gasteiger charge is 2.34. The summed E-state index contributed by atoms with van der Waals surface area (Å²) in [5, 5.41) is 23.0. The number of hydrogen-bond acceptors (Lipinski definition) is 5. The Kier molecular flexibility index (Phi) is 10.9. The number of unbranched alkanes of at least 4 members (excludes halogenated alkanes) is 1. The number of carboxylic acid groups (broad SMARTS) is 2. The first-order valence-electron chi connectivity index (χ1n) is 9.94. The number of nitrogens with two attached hydrogens (primary N) is 1. The topological polar surface area (TPSA) is 159 Å². The first kappa shape index (κ1) is 26.8. The summed E-state index contributed by atoms with van der Waals surface area (Å²) >= 11 is 0. The SMILES string of the molecule is CC(C)(C)CC(C)(C)C(=O)NC(CCC(=O)O)C(=O)NCCCCC(N)C(=O)O. The van der Waals surface area contributed by atoms with Crippen molar-refractivity contribution in [3.8, 4) is 0 Å². The monoisotopic (exact) mass is 415 g/mol. The fourth-order valence-corrected chi connectivity index (χ4v) is 3.24. The van der Waals surface area contributed by atoms with Crippen molar-refractivity contribution < 1.29 is 29.4 Å². The van der Waals surface area contributed by atoms with Crippen molar-refractivity contribution in [2.75, 3.05) is 6.54 Å². The van der Waals surface area contributed by atoms with Crippen LogP contribution in [0.3, 0.4) is 0 Å². The van der Waals surface area contributed by atoms with Crippen LogP contribution in [0.4, 0.5) is 0 Å². The van der Waals surface area contributed by atoms with Crippen LogP contribution in [-0.2, 0) is 19.2 Å². The number of rotatable bonds is 13. The van der Waals surface area contributed by atoms with Crippen LogP contribution in [0, 0.1) is 10.8 Å². The summed E-state index contributed by atoms with van der Waals surface area (Å²) in [7, 11) is 0. The second-order valence-electron chi connectivity index (χ2n) is 9.31. The summed E-state index contributed by atoms with van der Waals surface area (Å²) in [4.78, 5) is 46.8. The van der Waals surface area contributed by atoms with Crippen molar-refractivity contribution >= 4 is 23.8 Å². The Hall–Kier alpha value is -2.16. The minimum atomic E-state index is -1.07. The average molecular weight is 416 g/mol. The Bertz CT molecular complexity index is 583. The lowest BCUT2D eigenvalue weighted by atomic mass is 9.75. The maximum absolute atomic E-state index is 12.7. The third-order valence-electron chi connectivity index (χ3n) is 4.41. The van der Waals surface area contributed by atoms with Crippen molar-refractivity contribution in [1.29, 1.82) is 0 Å². The lowest BCUT2D eigenvalue weighted by molar-refractivity contribution is -0.139. The van der Waals surface area contributed by atoms with Crippen molar-refractivity contribution in [3.63, 3.8) is 0 Å². The number of nitrogens with one attached hydrogen (secondary N) is 2. The van der Waals surface area contributed by atoms with Gasteiger partial charge in [0, 0.05) is 18.4 Å². The van der Waals surface area contributed by atoms with Crippen LogP contribution in [0.2, 0.25) is 0 Å².